The van der Waals surface area contributed by atoms with Gasteiger partial charge in [0.1, 0.15) is 5.69 Å². The van der Waals surface area contributed by atoms with Crippen LogP contribution in [0.4, 0.5) is 18.9 Å². The smallest absolute Gasteiger partial charge is 0.366 e. The third kappa shape index (κ3) is 3.13. The largest absolute Gasteiger partial charge is 0.416 e. The quantitative estimate of drug-likeness (QED) is 0.912. The lowest BCUT2D eigenvalue weighted by atomic mass is 10.0. The van der Waals surface area contributed by atoms with Crippen LogP contribution in [0.5, 0.6) is 0 Å². The molecule has 0 aliphatic heterocycles. The van der Waals surface area contributed by atoms with Gasteiger partial charge in [-0.15, -0.1) is 0 Å². The van der Waals surface area contributed by atoms with Crippen molar-refractivity contribution in [2.24, 2.45) is 5.92 Å². The number of aromatic amines is 1. The van der Waals surface area contributed by atoms with Gasteiger partial charge in [0.25, 0.3) is 0 Å². The lowest BCUT2D eigenvalue weighted by Gasteiger charge is -2.12. The van der Waals surface area contributed by atoms with Crippen LogP contribution in [0.1, 0.15) is 23.5 Å². The number of alkyl halides is 3. The maximum atomic E-state index is 13.0. The molecule has 2 aromatic rings. The van der Waals surface area contributed by atoms with E-state index in [-0.39, 0.29) is 16.7 Å². The fourth-order valence-corrected chi connectivity index (χ4v) is 2.65. The van der Waals surface area contributed by atoms with E-state index in [1.807, 2.05) is 0 Å². The van der Waals surface area contributed by atoms with Crippen molar-refractivity contribution in [1.82, 2.24) is 4.98 Å². The fourth-order valence-electron chi connectivity index (χ4n) is 2.65. The van der Waals surface area contributed by atoms with Crippen molar-refractivity contribution in [3.05, 3.63) is 64.1 Å². The first-order chi connectivity index (χ1) is 10.9. The summed E-state index contributed by atoms with van der Waals surface area (Å²) in [6.45, 7) is 0. The van der Waals surface area contributed by atoms with Gasteiger partial charge in [-0.1, -0.05) is 18.2 Å². The molecule has 3 rings (SSSR count). The zero-order valence-corrected chi connectivity index (χ0v) is 11.9. The van der Waals surface area contributed by atoms with Gasteiger partial charge in [-0.3, -0.25) is 9.59 Å². The topological polar surface area (TPSA) is 62.0 Å². The number of hydrogen-bond donors (Lipinski definition) is 2. The van der Waals surface area contributed by atoms with E-state index in [9.17, 15) is 22.8 Å². The standard InChI is InChI=1S/C16H13F3N2O2/c17-16(18,19)12-4-2-1-3-9(12)10-7-11(10)15(23)21-13-8-20-6-5-14(13)22/h1-6,8,10-11H,7H2,(H,20,22)(H,21,23)/t10-,11-/m0/s1. The molecule has 120 valence electrons. The molecule has 1 amide bonds. The Kier molecular flexibility index (Phi) is 3.71. The number of nitrogens with one attached hydrogen (secondary N) is 2. The Morgan fingerprint density at radius 3 is 2.65 bits per heavy atom. The van der Waals surface area contributed by atoms with Gasteiger partial charge in [0.15, 0.2) is 0 Å². The van der Waals surface area contributed by atoms with Gasteiger partial charge in [-0.2, -0.15) is 13.2 Å². The zero-order valence-electron chi connectivity index (χ0n) is 11.9. The van der Waals surface area contributed by atoms with E-state index in [4.69, 9.17) is 0 Å². The minimum absolute atomic E-state index is 0.0901. The van der Waals surface area contributed by atoms with Gasteiger partial charge in [-0.25, -0.2) is 0 Å². The van der Waals surface area contributed by atoms with Crippen molar-refractivity contribution < 1.29 is 18.0 Å². The second-order valence-corrected chi connectivity index (χ2v) is 5.45. The molecular formula is C16H13F3N2O2. The molecule has 1 saturated carbocycles. The highest BCUT2D eigenvalue weighted by Gasteiger charge is 2.47. The van der Waals surface area contributed by atoms with Crippen molar-refractivity contribution in [2.45, 2.75) is 18.5 Å². The summed E-state index contributed by atoms with van der Waals surface area (Å²) in [4.78, 5) is 26.4. The van der Waals surface area contributed by atoms with Gasteiger partial charge in [0.05, 0.1) is 5.56 Å². The van der Waals surface area contributed by atoms with Gasteiger partial charge in [0.2, 0.25) is 11.3 Å². The molecule has 2 N–H and O–H groups in total. The Bertz CT molecular complexity index is 798. The van der Waals surface area contributed by atoms with E-state index in [1.165, 1.54) is 36.7 Å². The molecule has 1 aromatic heterocycles. The van der Waals surface area contributed by atoms with Crippen LogP contribution in [0.2, 0.25) is 0 Å². The molecule has 4 nitrogen and oxygen atoms in total. The third-order valence-electron chi connectivity index (χ3n) is 3.87. The van der Waals surface area contributed by atoms with E-state index in [1.54, 1.807) is 0 Å². The molecule has 0 unspecified atom stereocenters. The van der Waals surface area contributed by atoms with E-state index >= 15 is 0 Å². The molecule has 2 atom stereocenters. The van der Waals surface area contributed by atoms with E-state index < -0.39 is 29.5 Å². The summed E-state index contributed by atoms with van der Waals surface area (Å²) in [6.07, 6.45) is -1.33. The number of aromatic nitrogens is 1. The van der Waals surface area contributed by atoms with Gasteiger partial charge < -0.3 is 10.3 Å². The number of anilines is 1. The molecule has 1 aromatic carbocycles. The fraction of sp³-hybridized carbons (Fsp3) is 0.250. The third-order valence-corrected chi connectivity index (χ3v) is 3.87. The number of H-pyrrole nitrogens is 1. The number of carbonyl (C=O) groups is 1. The first-order valence-corrected chi connectivity index (χ1v) is 7.02. The molecule has 0 saturated heterocycles. The van der Waals surface area contributed by atoms with E-state index in [0.29, 0.717) is 6.42 Å². The van der Waals surface area contributed by atoms with Crippen molar-refractivity contribution in [3.8, 4) is 0 Å². The number of rotatable bonds is 3. The Morgan fingerprint density at radius 1 is 1.22 bits per heavy atom. The van der Waals surface area contributed by atoms with Crippen LogP contribution in [0.3, 0.4) is 0 Å². The summed E-state index contributed by atoms with van der Waals surface area (Å²) in [7, 11) is 0. The first kappa shape index (κ1) is 15.3. The Hall–Kier alpha value is -2.57. The normalized spacial score (nSPS) is 20.1. The van der Waals surface area contributed by atoms with Gasteiger partial charge in [-0.05, 0) is 24.0 Å². The average molecular weight is 322 g/mol. The van der Waals surface area contributed by atoms with Crippen LogP contribution in [-0.4, -0.2) is 10.9 Å². The lowest BCUT2D eigenvalue weighted by Crippen LogP contribution is -2.20. The van der Waals surface area contributed by atoms with E-state index in [2.05, 4.69) is 10.3 Å². The second kappa shape index (κ2) is 5.57. The number of halogens is 3. The molecular weight excluding hydrogens is 309 g/mol. The van der Waals surface area contributed by atoms with Crippen LogP contribution in [0.15, 0.2) is 47.5 Å². The monoisotopic (exact) mass is 322 g/mol. The maximum Gasteiger partial charge on any atom is 0.416 e. The number of benzene rings is 1. The zero-order chi connectivity index (χ0) is 16.6. The number of hydrogen-bond acceptors (Lipinski definition) is 2. The molecule has 7 heteroatoms. The Morgan fingerprint density at radius 2 is 1.96 bits per heavy atom. The van der Waals surface area contributed by atoms with Crippen molar-refractivity contribution in [2.75, 3.05) is 5.32 Å². The van der Waals surface area contributed by atoms with Gasteiger partial charge in [0, 0.05) is 24.4 Å². The summed E-state index contributed by atoms with van der Waals surface area (Å²) < 4.78 is 39.1. The van der Waals surface area contributed by atoms with E-state index in [0.717, 1.165) is 6.07 Å². The van der Waals surface area contributed by atoms with Crippen LogP contribution in [0, 0.1) is 5.92 Å². The minimum Gasteiger partial charge on any atom is -0.366 e. The van der Waals surface area contributed by atoms with Crippen LogP contribution < -0.4 is 10.7 Å². The highest BCUT2D eigenvalue weighted by atomic mass is 19.4. The van der Waals surface area contributed by atoms with Crippen LogP contribution >= 0.6 is 0 Å². The molecule has 0 spiro atoms. The molecule has 0 bridgehead atoms. The Labute approximate surface area is 129 Å². The second-order valence-electron chi connectivity index (χ2n) is 5.45. The summed E-state index contributed by atoms with van der Waals surface area (Å²) in [5.74, 6) is -1.47. The molecule has 1 aliphatic rings. The Balaban J connectivity index is 1.77. The van der Waals surface area contributed by atoms with Crippen molar-refractivity contribution in [1.29, 1.82) is 0 Å². The van der Waals surface area contributed by atoms with Crippen molar-refractivity contribution in [3.63, 3.8) is 0 Å². The molecule has 1 fully saturated rings. The number of pyridine rings is 1. The predicted octanol–water partition coefficient (Wildman–Crippen LogP) is 3.14. The van der Waals surface area contributed by atoms with Crippen LogP contribution in [-0.2, 0) is 11.0 Å². The summed E-state index contributed by atoms with van der Waals surface area (Å²) >= 11 is 0. The maximum absolute atomic E-state index is 13.0. The number of amides is 1. The summed E-state index contributed by atoms with van der Waals surface area (Å²) in [6, 6.07) is 6.53. The summed E-state index contributed by atoms with van der Waals surface area (Å²) in [5.41, 5.74) is -0.850. The summed E-state index contributed by atoms with van der Waals surface area (Å²) in [5, 5.41) is 2.47. The highest BCUT2D eigenvalue weighted by molar-refractivity contribution is 5.95. The lowest BCUT2D eigenvalue weighted by molar-refractivity contribution is -0.138. The highest BCUT2D eigenvalue weighted by Crippen LogP contribution is 2.51. The van der Waals surface area contributed by atoms with Crippen LogP contribution in [0.25, 0.3) is 0 Å². The number of carbonyl (C=O) groups excluding carboxylic acids is 1. The molecule has 23 heavy (non-hydrogen) atoms. The first-order valence-electron chi connectivity index (χ1n) is 7.02. The average Bonchev–Trinajstić information content (AvgIpc) is 3.29. The van der Waals surface area contributed by atoms with Gasteiger partial charge >= 0.3 is 6.18 Å². The molecule has 1 heterocycles. The minimum atomic E-state index is -4.45. The molecule has 0 radical (unpaired) electrons. The predicted molar refractivity (Wildman–Crippen MR) is 78.0 cm³/mol. The SMILES string of the molecule is O=C(Nc1c[nH]ccc1=O)[C@H]1C[C@H]1c1ccccc1C(F)(F)F. The molecule has 1 aliphatic carbocycles. The van der Waals surface area contributed by atoms with Crippen molar-refractivity contribution >= 4 is 11.6 Å².